The summed E-state index contributed by atoms with van der Waals surface area (Å²) < 4.78 is 0. The Morgan fingerprint density at radius 2 is 1.73 bits per heavy atom. The Bertz CT molecular complexity index is 684. The SMILES string of the molecule is CNCC(=O)NC(Cc1ccccc1)C(=O)NCCN1C(=O)C=CC1=O. The molecule has 1 atom stereocenters. The number of nitrogens with zero attached hydrogens (tertiary/aromatic N) is 1. The zero-order valence-electron chi connectivity index (χ0n) is 14.5. The molecule has 0 aliphatic carbocycles. The van der Waals surface area contributed by atoms with Crippen molar-refractivity contribution >= 4 is 23.6 Å². The number of rotatable bonds is 9. The quantitative estimate of drug-likeness (QED) is 0.490. The monoisotopic (exact) mass is 358 g/mol. The van der Waals surface area contributed by atoms with E-state index in [1.54, 1.807) is 7.05 Å². The fraction of sp³-hybridized carbons (Fsp3) is 0.333. The Labute approximate surface area is 151 Å². The number of carbonyl (C=O) groups excluding carboxylic acids is 4. The average Bonchev–Trinajstić information content (AvgIpc) is 2.94. The minimum absolute atomic E-state index is 0.0823. The predicted molar refractivity (Wildman–Crippen MR) is 94.9 cm³/mol. The van der Waals surface area contributed by atoms with Crippen molar-refractivity contribution in [3.63, 3.8) is 0 Å². The third kappa shape index (κ3) is 5.52. The van der Waals surface area contributed by atoms with Crippen LogP contribution in [0.15, 0.2) is 42.5 Å². The lowest BCUT2D eigenvalue weighted by molar-refractivity contribution is -0.137. The molecule has 8 nitrogen and oxygen atoms in total. The van der Waals surface area contributed by atoms with Gasteiger partial charge in [0.05, 0.1) is 6.54 Å². The highest BCUT2D eigenvalue weighted by Gasteiger charge is 2.24. The van der Waals surface area contributed by atoms with Gasteiger partial charge < -0.3 is 16.0 Å². The Kier molecular flexibility index (Phi) is 7.04. The molecule has 0 aromatic heterocycles. The number of hydrogen-bond donors (Lipinski definition) is 3. The van der Waals surface area contributed by atoms with E-state index in [1.807, 2.05) is 30.3 Å². The van der Waals surface area contributed by atoms with Gasteiger partial charge in [0.2, 0.25) is 11.8 Å². The van der Waals surface area contributed by atoms with Gasteiger partial charge in [-0.3, -0.25) is 24.1 Å². The van der Waals surface area contributed by atoms with E-state index in [0.717, 1.165) is 10.5 Å². The number of amides is 4. The zero-order valence-corrected chi connectivity index (χ0v) is 14.5. The third-order valence-corrected chi connectivity index (χ3v) is 3.81. The lowest BCUT2D eigenvalue weighted by atomic mass is 10.1. The van der Waals surface area contributed by atoms with Crippen LogP contribution in [0, 0.1) is 0 Å². The number of imide groups is 1. The molecule has 3 N–H and O–H groups in total. The molecule has 0 saturated carbocycles. The molecular weight excluding hydrogens is 336 g/mol. The van der Waals surface area contributed by atoms with Crippen molar-refractivity contribution in [2.24, 2.45) is 0 Å². The van der Waals surface area contributed by atoms with Crippen molar-refractivity contribution in [1.82, 2.24) is 20.9 Å². The van der Waals surface area contributed by atoms with Crippen molar-refractivity contribution in [3.8, 4) is 0 Å². The van der Waals surface area contributed by atoms with E-state index in [4.69, 9.17) is 0 Å². The van der Waals surface area contributed by atoms with Gasteiger partial charge in [-0.15, -0.1) is 0 Å². The summed E-state index contributed by atoms with van der Waals surface area (Å²) >= 11 is 0. The summed E-state index contributed by atoms with van der Waals surface area (Å²) in [7, 11) is 1.64. The second-order valence-corrected chi connectivity index (χ2v) is 5.79. The van der Waals surface area contributed by atoms with Gasteiger partial charge in [0.25, 0.3) is 11.8 Å². The minimum Gasteiger partial charge on any atom is -0.353 e. The van der Waals surface area contributed by atoms with E-state index in [2.05, 4.69) is 16.0 Å². The number of likely N-dealkylation sites (N-methyl/N-ethyl adjacent to an activating group) is 1. The Hall–Kier alpha value is -3.00. The molecule has 0 fully saturated rings. The van der Waals surface area contributed by atoms with Gasteiger partial charge in [0, 0.05) is 31.7 Å². The molecule has 1 aliphatic rings. The molecule has 1 heterocycles. The van der Waals surface area contributed by atoms with Gasteiger partial charge in [-0.05, 0) is 12.6 Å². The van der Waals surface area contributed by atoms with Gasteiger partial charge in [-0.1, -0.05) is 30.3 Å². The molecule has 4 amide bonds. The second-order valence-electron chi connectivity index (χ2n) is 5.79. The molecule has 1 aliphatic heterocycles. The summed E-state index contributed by atoms with van der Waals surface area (Å²) in [6.45, 7) is 0.297. The van der Waals surface area contributed by atoms with E-state index in [0.29, 0.717) is 6.42 Å². The van der Waals surface area contributed by atoms with Crippen LogP contribution in [0.2, 0.25) is 0 Å². The molecule has 1 unspecified atom stereocenters. The highest BCUT2D eigenvalue weighted by Crippen LogP contribution is 2.04. The average molecular weight is 358 g/mol. The summed E-state index contributed by atoms with van der Waals surface area (Å²) in [5.74, 6) is -1.46. The first kappa shape index (κ1) is 19.3. The van der Waals surface area contributed by atoms with Gasteiger partial charge >= 0.3 is 0 Å². The highest BCUT2D eigenvalue weighted by atomic mass is 16.2. The minimum atomic E-state index is -0.749. The standard InChI is InChI=1S/C18H22N4O4/c1-19-12-15(23)21-14(11-13-5-3-2-4-6-13)18(26)20-9-10-22-16(24)7-8-17(22)25/h2-8,14,19H,9-12H2,1H3,(H,20,26)(H,21,23). The van der Waals surface area contributed by atoms with Gasteiger partial charge in [-0.2, -0.15) is 0 Å². The van der Waals surface area contributed by atoms with Crippen molar-refractivity contribution in [3.05, 3.63) is 48.0 Å². The van der Waals surface area contributed by atoms with Gasteiger partial charge in [-0.25, -0.2) is 0 Å². The number of carbonyl (C=O) groups is 4. The zero-order chi connectivity index (χ0) is 18.9. The molecule has 1 aromatic rings. The summed E-state index contributed by atoms with van der Waals surface area (Å²) in [5, 5.41) is 8.09. The highest BCUT2D eigenvalue weighted by molar-refractivity contribution is 6.12. The van der Waals surface area contributed by atoms with Crippen molar-refractivity contribution in [1.29, 1.82) is 0 Å². The first-order valence-electron chi connectivity index (χ1n) is 8.30. The van der Waals surface area contributed by atoms with Crippen molar-refractivity contribution in [2.75, 3.05) is 26.7 Å². The Balaban J connectivity index is 1.92. The summed E-state index contributed by atoms with van der Waals surface area (Å²) in [5.41, 5.74) is 0.909. The topological polar surface area (TPSA) is 108 Å². The van der Waals surface area contributed by atoms with Crippen LogP contribution in [0.4, 0.5) is 0 Å². The van der Waals surface area contributed by atoms with E-state index in [-0.39, 0.29) is 31.4 Å². The first-order chi connectivity index (χ1) is 12.5. The summed E-state index contributed by atoms with van der Waals surface area (Å²) in [6.07, 6.45) is 2.73. The van der Waals surface area contributed by atoms with E-state index in [9.17, 15) is 19.2 Å². The molecular formula is C18H22N4O4. The number of nitrogens with one attached hydrogen (secondary N) is 3. The van der Waals surface area contributed by atoms with E-state index < -0.39 is 17.9 Å². The van der Waals surface area contributed by atoms with Crippen LogP contribution in [0.25, 0.3) is 0 Å². The fourth-order valence-electron chi connectivity index (χ4n) is 2.53. The van der Waals surface area contributed by atoms with E-state index >= 15 is 0 Å². The second kappa shape index (κ2) is 9.47. The Morgan fingerprint density at radius 3 is 2.35 bits per heavy atom. The molecule has 0 bridgehead atoms. The lowest BCUT2D eigenvalue weighted by Crippen LogP contribution is -2.51. The largest absolute Gasteiger partial charge is 0.353 e. The fourth-order valence-corrected chi connectivity index (χ4v) is 2.53. The van der Waals surface area contributed by atoms with Gasteiger partial charge in [0.15, 0.2) is 0 Å². The third-order valence-electron chi connectivity index (χ3n) is 3.81. The van der Waals surface area contributed by atoms with Crippen molar-refractivity contribution < 1.29 is 19.2 Å². The summed E-state index contributed by atoms with van der Waals surface area (Å²) in [6, 6.07) is 8.58. The molecule has 0 spiro atoms. The van der Waals surface area contributed by atoms with Crippen LogP contribution in [0.1, 0.15) is 5.56 Å². The molecule has 0 saturated heterocycles. The van der Waals surface area contributed by atoms with E-state index in [1.165, 1.54) is 12.2 Å². The molecule has 1 aromatic carbocycles. The molecule has 0 radical (unpaired) electrons. The maximum atomic E-state index is 12.5. The first-order valence-corrected chi connectivity index (χ1v) is 8.30. The smallest absolute Gasteiger partial charge is 0.253 e. The van der Waals surface area contributed by atoms with Crippen molar-refractivity contribution in [2.45, 2.75) is 12.5 Å². The van der Waals surface area contributed by atoms with Crippen LogP contribution in [0.3, 0.4) is 0 Å². The molecule has 2 rings (SSSR count). The predicted octanol–water partition coefficient (Wildman–Crippen LogP) is -1.03. The normalized spacial score (nSPS) is 14.4. The number of hydrogen-bond acceptors (Lipinski definition) is 5. The molecule has 138 valence electrons. The van der Waals surface area contributed by atoms with Crippen LogP contribution >= 0.6 is 0 Å². The van der Waals surface area contributed by atoms with Crippen LogP contribution < -0.4 is 16.0 Å². The van der Waals surface area contributed by atoms with Crippen LogP contribution in [-0.2, 0) is 25.6 Å². The lowest BCUT2D eigenvalue weighted by Gasteiger charge is -2.20. The number of benzene rings is 1. The van der Waals surface area contributed by atoms with Crippen LogP contribution in [-0.4, -0.2) is 61.3 Å². The van der Waals surface area contributed by atoms with Gasteiger partial charge in [0.1, 0.15) is 6.04 Å². The van der Waals surface area contributed by atoms with Crippen LogP contribution in [0.5, 0.6) is 0 Å². The molecule has 26 heavy (non-hydrogen) atoms. The Morgan fingerprint density at radius 1 is 1.08 bits per heavy atom. The maximum absolute atomic E-state index is 12.5. The summed E-state index contributed by atoms with van der Waals surface area (Å²) in [4.78, 5) is 48.4. The maximum Gasteiger partial charge on any atom is 0.253 e. The molecule has 8 heteroatoms.